The third kappa shape index (κ3) is 4.92. The van der Waals surface area contributed by atoms with Crippen LogP contribution < -0.4 is 0 Å². The van der Waals surface area contributed by atoms with Gasteiger partial charge in [-0.2, -0.15) is 8.42 Å². The Balaban J connectivity index is 2.20. The van der Waals surface area contributed by atoms with Gasteiger partial charge in [0.05, 0.1) is 25.6 Å². The molecule has 15 heavy (non-hydrogen) atoms. The van der Waals surface area contributed by atoms with Crippen LogP contribution in [0.3, 0.4) is 0 Å². The van der Waals surface area contributed by atoms with Gasteiger partial charge in [0, 0.05) is 12.3 Å². The minimum Gasteiger partial charge on any atom is -0.350 e. The fourth-order valence-corrected chi connectivity index (χ4v) is 1.70. The number of hydrogen-bond donors (Lipinski definition) is 0. The van der Waals surface area contributed by atoms with Gasteiger partial charge in [-0.25, -0.2) is 0 Å². The molecule has 0 saturated carbocycles. The van der Waals surface area contributed by atoms with Crippen LogP contribution in [0.1, 0.15) is 20.3 Å². The Hall–Kier alpha value is -0.170. The molecule has 0 bridgehead atoms. The highest BCUT2D eigenvalue weighted by molar-refractivity contribution is 7.85. The molecule has 6 heteroatoms. The smallest absolute Gasteiger partial charge is 0.264 e. The lowest BCUT2D eigenvalue weighted by molar-refractivity contribution is -0.0887. The molecule has 0 aromatic heterocycles. The van der Waals surface area contributed by atoms with Crippen molar-refractivity contribution in [2.24, 2.45) is 5.92 Å². The van der Waals surface area contributed by atoms with Gasteiger partial charge in [0.2, 0.25) is 0 Å². The van der Waals surface area contributed by atoms with E-state index in [2.05, 4.69) is 4.18 Å². The maximum Gasteiger partial charge on any atom is 0.264 e. The van der Waals surface area contributed by atoms with Crippen LogP contribution in [0.2, 0.25) is 0 Å². The van der Waals surface area contributed by atoms with Gasteiger partial charge >= 0.3 is 0 Å². The second kappa shape index (κ2) is 5.25. The molecular weight excluding hydrogens is 220 g/mol. The Kier molecular flexibility index (Phi) is 4.51. The summed E-state index contributed by atoms with van der Waals surface area (Å²) in [5.41, 5.74) is 0. The summed E-state index contributed by atoms with van der Waals surface area (Å²) >= 11 is 0. The van der Waals surface area contributed by atoms with E-state index in [0.29, 0.717) is 18.9 Å². The maximum absolute atomic E-state index is 10.7. The van der Waals surface area contributed by atoms with Gasteiger partial charge in [0.1, 0.15) is 0 Å². The van der Waals surface area contributed by atoms with Crippen LogP contribution >= 0.6 is 0 Å². The highest BCUT2D eigenvalue weighted by Crippen LogP contribution is 2.20. The van der Waals surface area contributed by atoms with Crippen LogP contribution in [0.25, 0.3) is 0 Å². The Morgan fingerprint density at radius 2 is 2.13 bits per heavy atom. The first-order valence-electron chi connectivity index (χ1n) is 5.00. The molecule has 0 aromatic rings. The van der Waals surface area contributed by atoms with E-state index >= 15 is 0 Å². The van der Waals surface area contributed by atoms with Crippen molar-refractivity contribution in [2.75, 3.05) is 19.5 Å². The molecule has 2 unspecified atom stereocenters. The van der Waals surface area contributed by atoms with E-state index in [1.807, 2.05) is 13.8 Å². The van der Waals surface area contributed by atoms with Crippen molar-refractivity contribution >= 4 is 10.1 Å². The fourth-order valence-electron chi connectivity index (χ4n) is 1.30. The zero-order valence-corrected chi connectivity index (χ0v) is 10.1. The largest absolute Gasteiger partial charge is 0.350 e. The zero-order chi connectivity index (χ0) is 11.5. The van der Waals surface area contributed by atoms with Gasteiger partial charge < -0.3 is 9.47 Å². The van der Waals surface area contributed by atoms with Crippen LogP contribution in [-0.2, 0) is 23.8 Å². The molecule has 5 nitrogen and oxygen atoms in total. The predicted molar refractivity (Wildman–Crippen MR) is 54.9 cm³/mol. The maximum atomic E-state index is 10.7. The second-order valence-corrected chi connectivity index (χ2v) is 5.66. The van der Waals surface area contributed by atoms with Gasteiger partial charge in [-0.1, -0.05) is 13.8 Å². The van der Waals surface area contributed by atoms with Gasteiger partial charge in [-0.3, -0.25) is 4.18 Å². The molecule has 90 valence electrons. The first kappa shape index (κ1) is 12.9. The topological polar surface area (TPSA) is 61.8 Å². The van der Waals surface area contributed by atoms with Crippen LogP contribution in [-0.4, -0.2) is 40.3 Å². The van der Waals surface area contributed by atoms with Crippen molar-refractivity contribution in [3.63, 3.8) is 0 Å². The van der Waals surface area contributed by atoms with E-state index in [-0.39, 0.29) is 19.0 Å². The van der Waals surface area contributed by atoms with E-state index < -0.39 is 10.1 Å². The van der Waals surface area contributed by atoms with Gasteiger partial charge in [0.15, 0.2) is 6.29 Å². The lowest BCUT2D eigenvalue weighted by Gasteiger charge is -2.14. The summed E-state index contributed by atoms with van der Waals surface area (Å²) in [7, 11) is -3.34. The summed E-state index contributed by atoms with van der Waals surface area (Å²) in [4.78, 5) is 0. The lowest BCUT2D eigenvalue weighted by atomic mass is 10.2. The Bertz CT molecular complexity index is 285. The molecule has 0 spiro atoms. The molecular formula is C9H18O5S. The highest BCUT2D eigenvalue weighted by atomic mass is 32.2. The summed E-state index contributed by atoms with van der Waals surface area (Å²) in [5.74, 6) is 0.311. The fraction of sp³-hybridized carbons (Fsp3) is 1.00. The summed E-state index contributed by atoms with van der Waals surface area (Å²) < 4.78 is 36.9. The number of hydrogen-bond acceptors (Lipinski definition) is 5. The van der Waals surface area contributed by atoms with Crippen LogP contribution in [0, 0.1) is 5.92 Å². The van der Waals surface area contributed by atoms with Crippen molar-refractivity contribution in [2.45, 2.75) is 32.7 Å². The van der Waals surface area contributed by atoms with Gasteiger partial charge in [-0.05, 0) is 0 Å². The van der Waals surface area contributed by atoms with Crippen molar-refractivity contribution in [1.82, 2.24) is 0 Å². The first-order chi connectivity index (χ1) is 6.88. The minimum absolute atomic E-state index is 0.0563. The Morgan fingerprint density at radius 1 is 1.47 bits per heavy atom. The molecule has 0 radical (unpaired) electrons. The van der Waals surface area contributed by atoms with E-state index in [4.69, 9.17) is 9.47 Å². The first-order valence-corrected chi connectivity index (χ1v) is 6.81. The highest BCUT2D eigenvalue weighted by Gasteiger charge is 2.28. The third-order valence-electron chi connectivity index (χ3n) is 2.05. The average Bonchev–Trinajstić information content (AvgIpc) is 2.50. The van der Waals surface area contributed by atoms with Crippen LogP contribution in [0.4, 0.5) is 0 Å². The average molecular weight is 238 g/mol. The summed E-state index contributed by atoms with van der Waals surface area (Å²) in [6, 6.07) is 0. The van der Waals surface area contributed by atoms with E-state index in [1.165, 1.54) is 0 Å². The molecule has 1 aliphatic heterocycles. The van der Waals surface area contributed by atoms with E-state index in [0.717, 1.165) is 6.26 Å². The molecule has 2 atom stereocenters. The van der Waals surface area contributed by atoms with E-state index in [1.54, 1.807) is 0 Å². The molecule has 1 saturated heterocycles. The van der Waals surface area contributed by atoms with Gasteiger partial charge in [-0.15, -0.1) is 0 Å². The predicted octanol–water partition coefficient (Wildman–Crippen LogP) is 0.750. The molecule has 0 N–H and O–H groups in total. The normalized spacial score (nSPS) is 27.5. The minimum atomic E-state index is -3.34. The molecule has 0 aromatic carbocycles. The van der Waals surface area contributed by atoms with Crippen LogP contribution in [0.15, 0.2) is 0 Å². The standard InChI is InChI=1S/C9H18O5S/c1-7(2)9-12-6-8(14-9)4-5-13-15(3,10)11/h7-9H,4-6H2,1-3H3. The van der Waals surface area contributed by atoms with Crippen LogP contribution in [0.5, 0.6) is 0 Å². The number of ether oxygens (including phenoxy) is 2. The van der Waals surface area contributed by atoms with Crippen molar-refractivity contribution < 1.29 is 22.1 Å². The molecule has 0 amide bonds. The van der Waals surface area contributed by atoms with Crippen molar-refractivity contribution in [3.05, 3.63) is 0 Å². The number of rotatable bonds is 5. The molecule has 1 fully saturated rings. The van der Waals surface area contributed by atoms with Gasteiger partial charge in [0.25, 0.3) is 10.1 Å². The molecule has 1 heterocycles. The van der Waals surface area contributed by atoms with E-state index in [9.17, 15) is 8.42 Å². The molecule has 0 aliphatic carbocycles. The third-order valence-corrected chi connectivity index (χ3v) is 2.65. The lowest BCUT2D eigenvalue weighted by Crippen LogP contribution is -2.19. The van der Waals surface area contributed by atoms with Crippen molar-refractivity contribution in [3.8, 4) is 0 Å². The quantitative estimate of drug-likeness (QED) is 0.661. The molecule has 1 aliphatic rings. The second-order valence-electron chi connectivity index (χ2n) is 4.02. The monoisotopic (exact) mass is 238 g/mol. The Labute approximate surface area is 90.8 Å². The summed E-state index contributed by atoms with van der Waals surface area (Å²) in [5, 5.41) is 0. The molecule has 1 rings (SSSR count). The zero-order valence-electron chi connectivity index (χ0n) is 9.30. The summed E-state index contributed by atoms with van der Waals surface area (Å²) in [6.45, 7) is 4.69. The summed E-state index contributed by atoms with van der Waals surface area (Å²) in [6.07, 6.45) is 1.35. The van der Waals surface area contributed by atoms with Crippen molar-refractivity contribution in [1.29, 1.82) is 0 Å². The Morgan fingerprint density at radius 3 is 2.60 bits per heavy atom. The SMILES string of the molecule is CC(C)C1OCC(CCOS(C)(=O)=O)O1.